The molecule has 0 amide bonds. The Morgan fingerprint density at radius 3 is 3.18 bits per heavy atom. The molecule has 0 saturated carbocycles. The van der Waals surface area contributed by atoms with Gasteiger partial charge in [-0.2, -0.15) is 11.3 Å². The van der Waals surface area contributed by atoms with Crippen LogP contribution >= 0.6 is 11.3 Å². The Bertz CT molecular complexity index is 174. The molecule has 1 rings (SSSR count). The predicted molar refractivity (Wildman–Crippen MR) is 47.9 cm³/mol. The number of nitrogens with one attached hydrogen (secondary N) is 1. The first-order chi connectivity index (χ1) is 5.43. The molecule has 1 aromatic heterocycles. The molecule has 3 heteroatoms. The van der Waals surface area contributed by atoms with E-state index in [4.69, 9.17) is 4.74 Å². The fourth-order valence-corrected chi connectivity index (χ4v) is 1.47. The highest BCUT2D eigenvalue weighted by Gasteiger charge is 1.90. The van der Waals surface area contributed by atoms with Crippen molar-refractivity contribution in [3.63, 3.8) is 0 Å². The van der Waals surface area contributed by atoms with Gasteiger partial charge in [-0.3, -0.25) is 0 Å². The lowest BCUT2D eigenvalue weighted by Gasteiger charge is -2.00. The van der Waals surface area contributed by atoms with Gasteiger partial charge in [0.25, 0.3) is 0 Å². The summed E-state index contributed by atoms with van der Waals surface area (Å²) in [6, 6.07) is 2.13. The smallest absolute Gasteiger partial charge is 0.0587 e. The third-order valence-corrected chi connectivity index (χ3v) is 2.12. The topological polar surface area (TPSA) is 21.3 Å². The molecule has 0 aliphatic carbocycles. The van der Waals surface area contributed by atoms with Gasteiger partial charge in [-0.25, -0.2) is 0 Å². The second-order valence-electron chi connectivity index (χ2n) is 2.30. The summed E-state index contributed by atoms with van der Waals surface area (Å²) in [4.78, 5) is 0. The molecule has 0 radical (unpaired) electrons. The van der Waals surface area contributed by atoms with Crippen molar-refractivity contribution >= 4 is 11.3 Å². The normalized spacial score (nSPS) is 10.3. The van der Waals surface area contributed by atoms with Crippen molar-refractivity contribution < 1.29 is 4.74 Å². The van der Waals surface area contributed by atoms with Crippen molar-refractivity contribution in [1.82, 2.24) is 5.32 Å². The van der Waals surface area contributed by atoms with Crippen molar-refractivity contribution in [2.75, 3.05) is 20.3 Å². The summed E-state index contributed by atoms with van der Waals surface area (Å²) in [5.41, 5.74) is 1.35. The third kappa shape index (κ3) is 3.51. The van der Waals surface area contributed by atoms with Gasteiger partial charge in [0.2, 0.25) is 0 Å². The predicted octanol–water partition coefficient (Wildman–Crippen LogP) is 1.48. The van der Waals surface area contributed by atoms with E-state index in [9.17, 15) is 0 Å². The van der Waals surface area contributed by atoms with E-state index < -0.39 is 0 Å². The highest BCUT2D eigenvalue weighted by molar-refractivity contribution is 7.07. The number of methoxy groups -OCH3 is 1. The van der Waals surface area contributed by atoms with E-state index in [1.807, 2.05) is 0 Å². The number of hydrogen-bond donors (Lipinski definition) is 1. The Labute approximate surface area is 71.2 Å². The minimum atomic E-state index is 0.782. The molecule has 1 heterocycles. The van der Waals surface area contributed by atoms with Gasteiger partial charge in [0.05, 0.1) is 6.61 Å². The minimum absolute atomic E-state index is 0.782. The van der Waals surface area contributed by atoms with Crippen LogP contribution in [-0.4, -0.2) is 20.3 Å². The maximum Gasteiger partial charge on any atom is 0.0587 e. The van der Waals surface area contributed by atoms with Crippen LogP contribution < -0.4 is 5.32 Å². The number of ether oxygens (including phenoxy) is 1. The molecule has 0 unspecified atom stereocenters. The highest BCUT2D eigenvalue weighted by Crippen LogP contribution is 2.04. The Hall–Kier alpha value is -0.380. The summed E-state index contributed by atoms with van der Waals surface area (Å²) in [6.45, 7) is 2.66. The SMILES string of the molecule is COCCNCc1ccsc1. The summed E-state index contributed by atoms with van der Waals surface area (Å²) < 4.78 is 4.90. The minimum Gasteiger partial charge on any atom is -0.383 e. The molecule has 2 nitrogen and oxygen atoms in total. The molecule has 0 saturated heterocycles. The number of thiophene rings is 1. The second-order valence-corrected chi connectivity index (χ2v) is 3.08. The molecule has 0 atom stereocenters. The van der Waals surface area contributed by atoms with Gasteiger partial charge in [-0.15, -0.1) is 0 Å². The highest BCUT2D eigenvalue weighted by atomic mass is 32.1. The third-order valence-electron chi connectivity index (χ3n) is 1.39. The molecule has 0 aliphatic heterocycles. The van der Waals surface area contributed by atoms with E-state index >= 15 is 0 Å². The van der Waals surface area contributed by atoms with Crippen molar-refractivity contribution in [3.8, 4) is 0 Å². The van der Waals surface area contributed by atoms with Crippen LogP contribution in [0.5, 0.6) is 0 Å². The molecule has 0 bridgehead atoms. The zero-order valence-electron chi connectivity index (χ0n) is 6.67. The van der Waals surface area contributed by atoms with Gasteiger partial charge in [-0.05, 0) is 22.4 Å². The molecule has 11 heavy (non-hydrogen) atoms. The van der Waals surface area contributed by atoms with Crippen molar-refractivity contribution in [2.45, 2.75) is 6.54 Å². The molecule has 0 aromatic carbocycles. The van der Waals surface area contributed by atoms with E-state index in [0.29, 0.717) is 0 Å². The summed E-state index contributed by atoms with van der Waals surface area (Å²) >= 11 is 1.73. The monoisotopic (exact) mass is 171 g/mol. The van der Waals surface area contributed by atoms with Crippen molar-refractivity contribution in [3.05, 3.63) is 22.4 Å². The maximum absolute atomic E-state index is 4.90. The Morgan fingerprint density at radius 1 is 1.64 bits per heavy atom. The summed E-state index contributed by atoms with van der Waals surface area (Å²) in [6.07, 6.45) is 0. The van der Waals surface area contributed by atoms with Gasteiger partial charge in [0.15, 0.2) is 0 Å². The fourth-order valence-electron chi connectivity index (χ4n) is 0.800. The molecule has 1 aromatic rings. The van der Waals surface area contributed by atoms with Crippen LogP contribution in [0.2, 0.25) is 0 Å². The van der Waals surface area contributed by atoms with Gasteiger partial charge < -0.3 is 10.1 Å². The molecular formula is C8H13NOS. The molecule has 0 fully saturated rings. The average Bonchev–Trinajstić information content (AvgIpc) is 2.50. The Morgan fingerprint density at radius 2 is 2.55 bits per heavy atom. The van der Waals surface area contributed by atoms with E-state index in [1.165, 1.54) is 5.56 Å². The first-order valence-corrected chi connectivity index (χ1v) is 4.58. The van der Waals surface area contributed by atoms with Crippen molar-refractivity contribution in [1.29, 1.82) is 0 Å². The van der Waals surface area contributed by atoms with Gasteiger partial charge in [-0.1, -0.05) is 0 Å². The fraction of sp³-hybridized carbons (Fsp3) is 0.500. The molecule has 0 aliphatic rings. The van der Waals surface area contributed by atoms with E-state index in [1.54, 1.807) is 18.4 Å². The van der Waals surface area contributed by atoms with Crippen LogP contribution in [0, 0.1) is 0 Å². The van der Waals surface area contributed by atoms with Crippen LogP contribution in [0.15, 0.2) is 16.8 Å². The van der Waals surface area contributed by atoms with Gasteiger partial charge in [0.1, 0.15) is 0 Å². The van der Waals surface area contributed by atoms with Crippen LogP contribution in [0.25, 0.3) is 0 Å². The van der Waals surface area contributed by atoms with Crippen LogP contribution in [0.3, 0.4) is 0 Å². The lowest BCUT2D eigenvalue weighted by atomic mass is 10.3. The quantitative estimate of drug-likeness (QED) is 0.678. The Balaban J connectivity index is 2.04. The number of rotatable bonds is 5. The standard InChI is InChI=1S/C8H13NOS/c1-10-4-3-9-6-8-2-5-11-7-8/h2,5,7,9H,3-4,6H2,1H3. The average molecular weight is 171 g/mol. The van der Waals surface area contributed by atoms with Crippen LogP contribution in [-0.2, 0) is 11.3 Å². The van der Waals surface area contributed by atoms with E-state index in [0.717, 1.165) is 19.7 Å². The van der Waals surface area contributed by atoms with Crippen molar-refractivity contribution in [2.24, 2.45) is 0 Å². The zero-order valence-corrected chi connectivity index (χ0v) is 7.49. The largest absolute Gasteiger partial charge is 0.383 e. The molecule has 62 valence electrons. The second kappa shape index (κ2) is 5.29. The van der Waals surface area contributed by atoms with E-state index in [2.05, 4.69) is 22.1 Å². The van der Waals surface area contributed by atoms with Gasteiger partial charge >= 0.3 is 0 Å². The summed E-state index contributed by atoms with van der Waals surface area (Å²) in [7, 11) is 1.71. The number of hydrogen-bond acceptors (Lipinski definition) is 3. The zero-order chi connectivity index (χ0) is 7.94. The molecule has 0 spiro atoms. The molecular weight excluding hydrogens is 158 g/mol. The van der Waals surface area contributed by atoms with Gasteiger partial charge in [0, 0.05) is 20.2 Å². The lowest BCUT2D eigenvalue weighted by molar-refractivity contribution is 0.199. The maximum atomic E-state index is 4.90. The lowest BCUT2D eigenvalue weighted by Crippen LogP contribution is -2.17. The summed E-state index contributed by atoms with van der Waals surface area (Å²) in [5, 5.41) is 7.51. The first kappa shape index (κ1) is 8.71. The first-order valence-electron chi connectivity index (χ1n) is 3.64. The van der Waals surface area contributed by atoms with Crippen LogP contribution in [0.4, 0.5) is 0 Å². The molecule has 1 N–H and O–H groups in total. The van der Waals surface area contributed by atoms with E-state index in [-0.39, 0.29) is 0 Å². The Kier molecular flexibility index (Phi) is 4.19. The van der Waals surface area contributed by atoms with Crippen LogP contribution in [0.1, 0.15) is 5.56 Å². The summed E-state index contributed by atoms with van der Waals surface area (Å²) in [5.74, 6) is 0.